The molecule has 0 fully saturated rings. The molecular weight excluding hydrogens is 385 g/mol. The first-order chi connectivity index (χ1) is 9.84. The van der Waals surface area contributed by atoms with E-state index in [9.17, 15) is 13.2 Å². The second kappa shape index (κ2) is 5.07. The highest BCUT2D eigenvalue weighted by atomic mass is 79.9. The lowest BCUT2D eigenvalue weighted by Gasteiger charge is -2.35. The molecule has 21 heavy (non-hydrogen) atoms. The molecule has 2 aromatic carbocycles. The van der Waals surface area contributed by atoms with Crippen LogP contribution in [-0.4, -0.2) is 5.51 Å². The zero-order chi connectivity index (χ0) is 15.3. The molecule has 0 bridgehead atoms. The van der Waals surface area contributed by atoms with Crippen molar-refractivity contribution in [2.24, 2.45) is 0 Å². The highest BCUT2D eigenvalue weighted by Gasteiger charge is 2.55. The summed E-state index contributed by atoms with van der Waals surface area (Å²) in [5.41, 5.74) is -3.24. The predicted octanol–water partition coefficient (Wildman–Crippen LogP) is 6.84. The van der Waals surface area contributed by atoms with E-state index >= 15 is 0 Å². The van der Waals surface area contributed by atoms with Crippen molar-refractivity contribution in [2.45, 2.75) is 10.4 Å². The summed E-state index contributed by atoms with van der Waals surface area (Å²) in [6.45, 7) is 0. The first kappa shape index (κ1) is 15.0. The first-order valence-corrected chi connectivity index (χ1v) is 9.85. The van der Waals surface area contributed by atoms with Crippen molar-refractivity contribution in [2.75, 3.05) is 0 Å². The Balaban J connectivity index is 2.23. The molecule has 6 heteroatoms. The van der Waals surface area contributed by atoms with E-state index < -0.39 is 14.0 Å². The Morgan fingerprint density at radius 1 is 0.952 bits per heavy atom. The van der Waals surface area contributed by atoms with E-state index in [0.717, 1.165) is 0 Å². The van der Waals surface area contributed by atoms with E-state index in [2.05, 4.69) is 14.8 Å². The minimum absolute atomic E-state index is 0.257. The molecule has 0 aliphatic carbocycles. The van der Waals surface area contributed by atoms with Gasteiger partial charge in [0.15, 0.2) is 0 Å². The van der Waals surface area contributed by atoms with Crippen molar-refractivity contribution in [3.63, 3.8) is 0 Å². The number of rotatable bonds is 1. The zero-order valence-electron chi connectivity index (χ0n) is 10.5. The summed E-state index contributed by atoms with van der Waals surface area (Å²) in [5.74, 6) is 0. The van der Waals surface area contributed by atoms with E-state index in [1.807, 2.05) is 0 Å². The monoisotopic (exact) mass is 392 g/mol. The van der Waals surface area contributed by atoms with E-state index in [-0.39, 0.29) is 4.91 Å². The second-order valence-corrected chi connectivity index (χ2v) is 10.3. The summed E-state index contributed by atoms with van der Waals surface area (Å²) in [6, 6.07) is 13.0. The number of halogens is 5. The quantitative estimate of drug-likeness (QED) is 0.497. The normalized spacial score (nSPS) is 24.1. The van der Waals surface area contributed by atoms with Gasteiger partial charge in [-0.3, -0.25) is 0 Å². The number of hydrogen-bond acceptors (Lipinski definition) is 0. The molecule has 1 atom stereocenters. The van der Waals surface area contributed by atoms with Crippen molar-refractivity contribution in [1.29, 1.82) is 0 Å². The molecule has 1 unspecified atom stereocenters. The van der Waals surface area contributed by atoms with Crippen LogP contribution in [0.5, 0.6) is 0 Å². The van der Waals surface area contributed by atoms with Gasteiger partial charge >= 0.3 is 5.51 Å². The van der Waals surface area contributed by atoms with Gasteiger partial charge < -0.3 is 0 Å². The van der Waals surface area contributed by atoms with Gasteiger partial charge in [-0.15, -0.1) is 0 Å². The Labute approximate surface area is 134 Å². The molecule has 0 saturated heterocycles. The second-order valence-electron chi connectivity index (χ2n) is 4.54. The molecule has 0 nitrogen and oxygen atoms in total. The van der Waals surface area contributed by atoms with E-state index in [4.69, 9.17) is 11.6 Å². The molecule has 1 aliphatic rings. The van der Waals surface area contributed by atoms with Crippen LogP contribution in [0.1, 0.15) is 11.1 Å². The summed E-state index contributed by atoms with van der Waals surface area (Å²) < 4.78 is 41.3. The molecule has 3 rings (SSSR count). The molecule has 0 aromatic heterocycles. The highest BCUT2D eigenvalue weighted by molar-refractivity contribution is 9.59. The van der Waals surface area contributed by atoms with Crippen molar-refractivity contribution in [1.82, 2.24) is 0 Å². The van der Waals surface area contributed by atoms with Gasteiger partial charge in [-0.05, 0) is 58.7 Å². The lowest BCUT2D eigenvalue weighted by atomic mass is 10.1. The Kier molecular flexibility index (Phi) is 3.62. The lowest BCUT2D eigenvalue weighted by molar-refractivity contribution is -0.0350. The maximum Gasteiger partial charge on any atom is 0.442 e. The van der Waals surface area contributed by atoms with Gasteiger partial charge in [-0.1, -0.05) is 41.9 Å². The molecule has 1 aliphatic heterocycles. The van der Waals surface area contributed by atoms with Crippen LogP contribution in [0.3, 0.4) is 0 Å². The van der Waals surface area contributed by atoms with Crippen molar-refractivity contribution in [3.8, 4) is 0 Å². The summed E-state index contributed by atoms with van der Waals surface area (Å²) >= 11 is 8.87. The van der Waals surface area contributed by atoms with Gasteiger partial charge in [-0.2, -0.15) is 13.2 Å². The topological polar surface area (TPSA) is 0 Å². The third-order valence-corrected chi connectivity index (χ3v) is 9.28. The van der Waals surface area contributed by atoms with Gasteiger partial charge in [0.05, 0.1) is 0 Å². The molecule has 1 heterocycles. The van der Waals surface area contributed by atoms with E-state index in [1.165, 1.54) is 6.07 Å². The van der Waals surface area contributed by atoms with Crippen LogP contribution in [0, 0.1) is 0 Å². The SMILES string of the molecule is FC(F)(F)S1(Br)C(c2ccc(Cl)cc2)=Cc2ccccc21. The maximum atomic E-state index is 13.8. The third-order valence-electron chi connectivity index (χ3n) is 3.26. The van der Waals surface area contributed by atoms with Crippen LogP contribution in [0.4, 0.5) is 13.2 Å². The standard InChI is InChI=1S/C15H9BrClF3S/c16-21(15(18,19)20)13-4-2-1-3-11(13)9-14(21)10-5-7-12(17)8-6-10/h1-9H. The molecule has 110 valence electrons. The number of benzene rings is 2. The summed E-state index contributed by atoms with van der Waals surface area (Å²) in [5, 5.41) is 0.497. The first-order valence-electron chi connectivity index (χ1n) is 6.00. The molecule has 0 saturated carbocycles. The lowest BCUT2D eigenvalue weighted by Crippen LogP contribution is -2.15. The van der Waals surface area contributed by atoms with Gasteiger partial charge in [-0.25, -0.2) is 0 Å². The summed E-state index contributed by atoms with van der Waals surface area (Å²) in [7, 11) is -3.26. The number of fused-ring (bicyclic) bond motifs is 1. The molecule has 0 amide bonds. The van der Waals surface area contributed by atoms with Crippen LogP contribution >= 0.6 is 34.9 Å². The molecule has 0 spiro atoms. The third kappa shape index (κ3) is 2.31. The Hall–Kier alpha value is -0.910. The fourth-order valence-corrected chi connectivity index (χ4v) is 6.36. The van der Waals surface area contributed by atoms with E-state index in [0.29, 0.717) is 21.0 Å². The predicted molar refractivity (Wildman–Crippen MR) is 86.6 cm³/mol. The van der Waals surface area contributed by atoms with Crippen LogP contribution in [0.25, 0.3) is 11.0 Å². The van der Waals surface area contributed by atoms with Gasteiger partial charge in [0.25, 0.3) is 0 Å². The number of alkyl halides is 3. The largest absolute Gasteiger partial charge is 0.442 e. The minimum Gasteiger partial charge on any atom is -0.160 e. The molecular formula is C15H9BrClF3S. The van der Waals surface area contributed by atoms with Crippen molar-refractivity contribution >= 4 is 45.9 Å². The maximum absolute atomic E-state index is 13.8. The van der Waals surface area contributed by atoms with Gasteiger partial charge in [0.1, 0.15) is 0 Å². The summed E-state index contributed by atoms with van der Waals surface area (Å²) in [4.78, 5) is 0.551. The van der Waals surface area contributed by atoms with Crippen LogP contribution in [0.2, 0.25) is 5.02 Å². The fourth-order valence-electron chi connectivity index (χ4n) is 2.31. The zero-order valence-corrected chi connectivity index (χ0v) is 13.7. The molecule has 0 radical (unpaired) electrons. The smallest absolute Gasteiger partial charge is 0.160 e. The molecule has 0 N–H and O–H groups in total. The Bertz CT molecular complexity index is 724. The van der Waals surface area contributed by atoms with Crippen molar-refractivity contribution in [3.05, 3.63) is 64.7 Å². The van der Waals surface area contributed by atoms with Gasteiger partial charge in [0.2, 0.25) is 0 Å². The minimum atomic E-state index is -4.37. The average molecular weight is 394 g/mol. The van der Waals surface area contributed by atoms with Gasteiger partial charge in [0, 0.05) is 14.8 Å². The Morgan fingerprint density at radius 3 is 2.19 bits per heavy atom. The average Bonchev–Trinajstić information content (AvgIpc) is 2.75. The highest BCUT2D eigenvalue weighted by Crippen LogP contribution is 2.83. The van der Waals surface area contributed by atoms with Crippen LogP contribution < -0.4 is 0 Å². The fraction of sp³-hybridized carbons (Fsp3) is 0.0667. The molecule has 2 aromatic rings. The van der Waals surface area contributed by atoms with Crippen molar-refractivity contribution < 1.29 is 13.2 Å². The number of hydrogen-bond donors (Lipinski definition) is 0. The van der Waals surface area contributed by atoms with Crippen LogP contribution in [0.15, 0.2) is 53.4 Å². The van der Waals surface area contributed by atoms with Crippen LogP contribution in [-0.2, 0) is 0 Å². The summed E-state index contributed by atoms with van der Waals surface area (Å²) in [6.07, 6.45) is 1.61. The van der Waals surface area contributed by atoms with E-state index in [1.54, 1.807) is 48.5 Å². The Morgan fingerprint density at radius 2 is 1.57 bits per heavy atom.